The fraction of sp³-hybridized carbons (Fsp3) is 0.205. The van der Waals surface area contributed by atoms with Crippen LogP contribution in [0.15, 0.2) is 109 Å². The summed E-state index contributed by atoms with van der Waals surface area (Å²) in [5.74, 6) is -3.59. The highest BCUT2D eigenvalue weighted by molar-refractivity contribution is 5.96. The summed E-state index contributed by atoms with van der Waals surface area (Å²) in [6.07, 6.45) is 3.78. The standard InChI is InChI=1S/C39H22N4O/c40-19-36-23-9-1-3-11-25(23)37(20-41,26-12-4-2-10-24(26)36)32-18-17-31(36)33-34(35(32)44)39(22-43)29-15-7-5-13-27(29)38(33,21-42)28-14-6-8-16-30(28)39/h1-18,31-34H/t31-,32+,33+,34+,36?,37?,38?,39?/m1/s1. The summed E-state index contributed by atoms with van der Waals surface area (Å²) in [6, 6.07) is 40.9. The maximum atomic E-state index is 15.6. The Morgan fingerprint density at radius 2 is 0.795 bits per heavy atom. The van der Waals surface area contributed by atoms with Gasteiger partial charge in [-0.25, -0.2) is 0 Å². The first-order valence-corrected chi connectivity index (χ1v) is 14.8. The maximum Gasteiger partial charge on any atom is 0.147 e. The molecule has 0 unspecified atom stereocenters. The summed E-state index contributed by atoms with van der Waals surface area (Å²) < 4.78 is 0. The van der Waals surface area contributed by atoms with E-state index in [4.69, 9.17) is 0 Å². The molecule has 11 rings (SSSR count). The number of rotatable bonds is 0. The second-order valence-electron chi connectivity index (χ2n) is 12.7. The summed E-state index contributed by atoms with van der Waals surface area (Å²) in [5, 5.41) is 45.7. The predicted octanol–water partition coefficient (Wildman–Crippen LogP) is 5.88. The van der Waals surface area contributed by atoms with E-state index in [0.29, 0.717) is 44.5 Å². The molecular formula is C39H22N4O. The van der Waals surface area contributed by atoms with E-state index in [2.05, 4.69) is 24.3 Å². The lowest BCUT2D eigenvalue weighted by Gasteiger charge is -2.60. The number of carbonyl (C=O) groups is 1. The fourth-order valence-electron chi connectivity index (χ4n) is 10.2. The molecular weight excluding hydrogens is 540 g/mol. The van der Waals surface area contributed by atoms with Gasteiger partial charge in [0.25, 0.3) is 0 Å². The van der Waals surface area contributed by atoms with Crippen molar-refractivity contribution in [1.82, 2.24) is 0 Å². The lowest BCUT2D eigenvalue weighted by atomic mass is 9.37. The summed E-state index contributed by atoms with van der Waals surface area (Å²) >= 11 is 0. The summed E-state index contributed by atoms with van der Waals surface area (Å²) in [7, 11) is 0. The molecule has 0 N–H and O–H groups in total. The number of Topliss-reactive ketones (excluding diaryl/α,β-unsaturated/α-hetero) is 1. The van der Waals surface area contributed by atoms with Gasteiger partial charge in [0, 0.05) is 11.8 Å². The normalized spacial score (nSPS) is 35.5. The number of hydrogen-bond acceptors (Lipinski definition) is 5. The number of benzene rings is 4. The molecule has 0 spiro atoms. The van der Waals surface area contributed by atoms with Crippen molar-refractivity contribution in [3.05, 3.63) is 154 Å². The van der Waals surface area contributed by atoms with Crippen LogP contribution in [0.2, 0.25) is 0 Å². The van der Waals surface area contributed by atoms with Gasteiger partial charge < -0.3 is 0 Å². The molecule has 0 aliphatic heterocycles. The molecule has 5 heteroatoms. The van der Waals surface area contributed by atoms with Crippen LogP contribution in [-0.2, 0) is 26.5 Å². The molecule has 6 bridgehead atoms. The lowest BCUT2D eigenvalue weighted by molar-refractivity contribution is -0.131. The van der Waals surface area contributed by atoms with Crippen LogP contribution in [0.5, 0.6) is 0 Å². The number of nitriles is 4. The molecule has 4 aromatic carbocycles. The highest BCUT2D eigenvalue weighted by Gasteiger charge is 2.75. The van der Waals surface area contributed by atoms with Crippen LogP contribution in [0.4, 0.5) is 0 Å². The monoisotopic (exact) mass is 562 g/mol. The first kappa shape index (κ1) is 24.8. The van der Waals surface area contributed by atoms with Gasteiger partial charge in [0.15, 0.2) is 0 Å². The molecule has 0 saturated heterocycles. The number of carbonyl (C=O) groups excluding carboxylic acids is 1. The van der Waals surface area contributed by atoms with E-state index in [1.54, 1.807) is 0 Å². The van der Waals surface area contributed by atoms with E-state index in [9.17, 15) is 21.0 Å². The number of nitrogens with zero attached hydrogens (tertiary/aromatic N) is 4. The van der Waals surface area contributed by atoms with Crippen LogP contribution in [0, 0.1) is 69.0 Å². The van der Waals surface area contributed by atoms with Gasteiger partial charge in [0.05, 0.1) is 36.1 Å². The Hall–Kier alpha value is -5.75. The highest BCUT2D eigenvalue weighted by atomic mass is 16.1. The maximum absolute atomic E-state index is 15.6. The third kappa shape index (κ3) is 2.20. The molecule has 204 valence electrons. The zero-order valence-electron chi connectivity index (χ0n) is 23.4. The van der Waals surface area contributed by atoms with Gasteiger partial charge in [-0.05, 0) is 44.5 Å². The SMILES string of the molecule is N#CC12c3ccccc3C(C#N)(c3ccccc31)[C@@H]1C(=O)[C@@H]3C=C[C@H]([C@@H]12)C1(C#N)c2ccccc2C3(C#N)c2ccccc21. The Kier molecular flexibility index (Phi) is 4.39. The van der Waals surface area contributed by atoms with Crippen molar-refractivity contribution in [1.29, 1.82) is 21.0 Å². The van der Waals surface area contributed by atoms with Gasteiger partial charge in [-0.3, -0.25) is 4.79 Å². The minimum Gasteiger partial charge on any atom is -0.299 e. The third-order valence-electron chi connectivity index (χ3n) is 11.6. The van der Waals surface area contributed by atoms with Crippen LogP contribution < -0.4 is 0 Å². The molecule has 0 saturated carbocycles. The number of allylic oxidation sites excluding steroid dienone is 2. The summed E-state index contributed by atoms with van der Waals surface area (Å²) in [6.45, 7) is 0. The van der Waals surface area contributed by atoms with Crippen molar-refractivity contribution < 1.29 is 4.79 Å². The first-order chi connectivity index (χ1) is 21.5. The molecule has 0 heterocycles. The molecule has 0 aromatic heterocycles. The van der Waals surface area contributed by atoms with Crippen molar-refractivity contribution in [2.24, 2.45) is 23.7 Å². The molecule has 4 aromatic rings. The minimum atomic E-state index is -1.42. The molecule has 7 aliphatic carbocycles. The van der Waals surface area contributed by atoms with Crippen molar-refractivity contribution in [3.8, 4) is 24.3 Å². The Morgan fingerprint density at radius 3 is 1.18 bits per heavy atom. The van der Waals surface area contributed by atoms with Gasteiger partial charge in [0.2, 0.25) is 0 Å². The molecule has 44 heavy (non-hydrogen) atoms. The smallest absolute Gasteiger partial charge is 0.147 e. The Morgan fingerprint density at radius 1 is 0.455 bits per heavy atom. The minimum absolute atomic E-state index is 0.235. The highest BCUT2D eigenvalue weighted by Crippen LogP contribution is 2.72. The van der Waals surface area contributed by atoms with Gasteiger partial charge in [-0.2, -0.15) is 21.0 Å². The Bertz CT molecular complexity index is 2120. The Balaban J connectivity index is 1.54. The number of hydrogen-bond donors (Lipinski definition) is 0. The molecule has 0 amide bonds. The average Bonchev–Trinajstić information content (AvgIpc) is 3.21. The van der Waals surface area contributed by atoms with Crippen LogP contribution in [0.3, 0.4) is 0 Å². The Labute approximate surface area is 254 Å². The van der Waals surface area contributed by atoms with E-state index in [1.165, 1.54) is 0 Å². The molecule has 7 aliphatic rings. The third-order valence-corrected chi connectivity index (χ3v) is 11.6. The fourth-order valence-corrected chi connectivity index (χ4v) is 10.2. The van der Waals surface area contributed by atoms with E-state index in [1.807, 2.05) is 109 Å². The largest absolute Gasteiger partial charge is 0.299 e. The van der Waals surface area contributed by atoms with Crippen molar-refractivity contribution in [2.45, 2.75) is 21.7 Å². The van der Waals surface area contributed by atoms with Crippen molar-refractivity contribution in [3.63, 3.8) is 0 Å². The van der Waals surface area contributed by atoms with Crippen molar-refractivity contribution in [2.75, 3.05) is 0 Å². The van der Waals surface area contributed by atoms with Crippen LogP contribution >= 0.6 is 0 Å². The van der Waals surface area contributed by atoms with E-state index < -0.39 is 45.3 Å². The van der Waals surface area contributed by atoms with Crippen LogP contribution in [0.25, 0.3) is 0 Å². The average molecular weight is 563 g/mol. The number of ketones is 1. The van der Waals surface area contributed by atoms with Gasteiger partial charge >= 0.3 is 0 Å². The molecule has 0 radical (unpaired) electrons. The topological polar surface area (TPSA) is 112 Å². The lowest BCUT2D eigenvalue weighted by Crippen LogP contribution is -2.64. The van der Waals surface area contributed by atoms with Gasteiger partial charge in [-0.15, -0.1) is 0 Å². The second-order valence-corrected chi connectivity index (χ2v) is 12.7. The quantitative estimate of drug-likeness (QED) is 0.248. The molecule has 0 fully saturated rings. The van der Waals surface area contributed by atoms with Crippen LogP contribution in [0.1, 0.15) is 44.5 Å². The van der Waals surface area contributed by atoms with Crippen molar-refractivity contribution >= 4 is 5.78 Å². The van der Waals surface area contributed by atoms with Gasteiger partial charge in [-0.1, -0.05) is 109 Å². The van der Waals surface area contributed by atoms with Crippen LogP contribution in [-0.4, -0.2) is 5.78 Å². The first-order valence-electron chi connectivity index (χ1n) is 14.8. The van der Waals surface area contributed by atoms with E-state index in [0.717, 1.165) is 0 Å². The van der Waals surface area contributed by atoms with E-state index >= 15 is 4.79 Å². The summed E-state index contributed by atoms with van der Waals surface area (Å²) in [5.41, 5.74) is -0.0584. The zero-order valence-corrected chi connectivity index (χ0v) is 23.4. The second kappa shape index (κ2) is 7.79. The van der Waals surface area contributed by atoms with Gasteiger partial charge in [0.1, 0.15) is 27.4 Å². The summed E-state index contributed by atoms with van der Waals surface area (Å²) in [4.78, 5) is 15.6. The zero-order chi connectivity index (χ0) is 30.1. The van der Waals surface area contributed by atoms with E-state index in [-0.39, 0.29) is 5.78 Å². The molecule has 4 atom stereocenters. The predicted molar refractivity (Wildman–Crippen MR) is 159 cm³/mol. The molecule has 5 nitrogen and oxygen atoms in total.